The van der Waals surface area contributed by atoms with Crippen LogP contribution in [0.25, 0.3) is 0 Å². The van der Waals surface area contributed by atoms with Gasteiger partial charge in [0.05, 0.1) is 20.5 Å². The molecule has 1 aliphatic rings. The predicted molar refractivity (Wildman–Crippen MR) is 141 cm³/mol. The van der Waals surface area contributed by atoms with E-state index in [1.54, 1.807) is 24.3 Å². The molecule has 0 bridgehead atoms. The number of para-hydroxylation sites is 1. The smallest absolute Gasteiger partial charge is 0.264 e. The minimum Gasteiger partial charge on any atom is -0.482 e. The molecule has 0 fully saturated rings. The van der Waals surface area contributed by atoms with Gasteiger partial charge in [0.1, 0.15) is 5.75 Å². The lowest BCUT2D eigenvalue weighted by Crippen LogP contribution is -2.29. The summed E-state index contributed by atoms with van der Waals surface area (Å²) in [5, 5.41) is 2.75. The van der Waals surface area contributed by atoms with Crippen LogP contribution >= 0.6 is 11.6 Å². The number of anilines is 1. The van der Waals surface area contributed by atoms with Gasteiger partial charge in [-0.15, -0.1) is 0 Å². The Balaban J connectivity index is 1.34. The van der Waals surface area contributed by atoms with E-state index in [2.05, 4.69) is 5.32 Å². The summed E-state index contributed by atoms with van der Waals surface area (Å²) < 4.78 is 58.6. The molecule has 1 heterocycles. The average molecular weight is 564 g/mol. The van der Waals surface area contributed by atoms with Gasteiger partial charge in [-0.25, -0.2) is 21.1 Å². The van der Waals surface area contributed by atoms with Crippen molar-refractivity contribution in [3.05, 3.63) is 82.9 Å². The summed E-state index contributed by atoms with van der Waals surface area (Å²) in [5.41, 5.74) is 2.34. The Morgan fingerprint density at radius 1 is 1.00 bits per heavy atom. The molecule has 0 spiro atoms. The van der Waals surface area contributed by atoms with Crippen molar-refractivity contribution in [2.75, 3.05) is 31.6 Å². The molecule has 196 valence electrons. The van der Waals surface area contributed by atoms with Crippen LogP contribution in [0.4, 0.5) is 5.69 Å². The summed E-state index contributed by atoms with van der Waals surface area (Å²) in [5.74, 6) is -0.248. The van der Waals surface area contributed by atoms with E-state index in [1.807, 2.05) is 12.1 Å². The molecular formula is C25H26ClN3O6S2. The minimum absolute atomic E-state index is 0.0331. The van der Waals surface area contributed by atoms with Crippen LogP contribution in [0.1, 0.15) is 11.1 Å². The van der Waals surface area contributed by atoms with E-state index in [1.165, 1.54) is 48.7 Å². The van der Waals surface area contributed by atoms with Crippen LogP contribution in [0, 0.1) is 0 Å². The van der Waals surface area contributed by atoms with Crippen LogP contribution in [-0.2, 0) is 37.8 Å². The summed E-state index contributed by atoms with van der Waals surface area (Å²) in [4.78, 5) is 12.4. The van der Waals surface area contributed by atoms with Crippen LogP contribution in [0.15, 0.2) is 76.5 Å². The lowest BCUT2D eigenvalue weighted by Gasteiger charge is -2.20. The number of ether oxygens (including phenoxy) is 1. The van der Waals surface area contributed by atoms with Crippen molar-refractivity contribution in [1.29, 1.82) is 0 Å². The second-order valence-corrected chi connectivity index (χ2v) is 13.0. The van der Waals surface area contributed by atoms with E-state index in [0.717, 1.165) is 9.87 Å². The maximum Gasteiger partial charge on any atom is 0.264 e. The topological polar surface area (TPSA) is 113 Å². The van der Waals surface area contributed by atoms with Crippen LogP contribution < -0.4 is 14.4 Å². The molecular weight excluding hydrogens is 538 g/mol. The summed E-state index contributed by atoms with van der Waals surface area (Å²) in [7, 11) is -4.42. The fourth-order valence-electron chi connectivity index (χ4n) is 3.83. The quantitative estimate of drug-likeness (QED) is 0.428. The number of benzene rings is 3. The van der Waals surface area contributed by atoms with E-state index in [0.29, 0.717) is 24.2 Å². The Morgan fingerprint density at radius 2 is 1.68 bits per heavy atom. The summed E-state index contributed by atoms with van der Waals surface area (Å²) >= 11 is 6.28. The average Bonchev–Trinajstić information content (AvgIpc) is 3.32. The van der Waals surface area contributed by atoms with Crippen molar-refractivity contribution in [3.8, 4) is 5.75 Å². The summed E-state index contributed by atoms with van der Waals surface area (Å²) in [6.07, 6.45) is 0.638. The van der Waals surface area contributed by atoms with E-state index in [-0.39, 0.29) is 33.7 Å². The maximum absolute atomic E-state index is 13.2. The normalized spacial score (nSPS) is 13.5. The third-order valence-corrected chi connectivity index (χ3v) is 9.82. The fraction of sp³-hybridized carbons (Fsp3) is 0.240. The Hall–Kier alpha value is -3.12. The first kappa shape index (κ1) is 26.9. The molecule has 37 heavy (non-hydrogen) atoms. The zero-order valence-electron chi connectivity index (χ0n) is 20.2. The summed E-state index contributed by atoms with van der Waals surface area (Å²) in [6, 6.07) is 17.7. The molecule has 9 nitrogen and oxygen atoms in total. The number of halogens is 1. The molecule has 0 atom stereocenters. The number of hydrogen-bond acceptors (Lipinski definition) is 6. The highest BCUT2D eigenvalue weighted by Gasteiger charge is 2.31. The van der Waals surface area contributed by atoms with Crippen LogP contribution in [-0.4, -0.2) is 54.3 Å². The van der Waals surface area contributed by atoms with Gasteiger partial charge in [0, 0.05) is 27.2 Å². The molecule has 1 aliphatic heterocycles. The third kappa shape index (κ3) is 5.74. The highest BCUT2D eigenvalue weighted by atomic mass is 35.5. The number of nitrogens with zero attached hydrogens (tertiary/aromatic N) is 2. The molecule has 0 radical (unpaired) electrons. The zero-order valence-corrected chi connectivity index (χ0v) is 22.6. The number of fused-ring (bicyclic) bond motifs is 1. The molecule has 0 saturated heterocycles. The fourth-order valence-corrected chi connectivity index (χ4v) is 6.56. The predicted octanol–water partition coefficient (Wildman–Crippen LogP) is 3.04. The Morgan fingerprint density at radius 3 is 2.35 bits per heavy atom. The van der Waals surface area contributed by atoms with Crippen LogP contribution in [0.2, 0.25) is 5.02 Å². The number of rotatable bonds is 9. The van der Waals surface area contributed by atoms with Gasteiger partial charge in [0.2, 0.25) is 10.0 Å². The third-order valence-electron chi connectivity index (χ3n) is 5.89. The van der Waals surface area contributed by atoms with E-state index in [9.17, 15) is 21.6 Å². The van der Waals surface area contributed by atoms with Crippen molar-refractivity contribution in [1.82, 2.24) is 9.62 Å². The van der Waals surface area contributed by atoms with Gasteiger partial charge in [-0.2, -0.15) is 0 Å². The highest BCUT2D eigenvalue weighted by Crippen LogP contribution is 2.35. The second-order valence-electron chi connectivity index (χ2n) is 8.54. The van der Waals surface area contributed by atoms with Crippen molar-refractivity contribution >= 4 is 43.2 Å². The molecule has 1 amide bonds. The molecule has 0 unspecified atom stereocenters. The molecule has 0 saturated carbocycles. The summed E-state index contributed by atoms with van der Waals surface area (Å²) in [6.45, 7) is 0.191. The van der Waals surface area contributed by atoms with Gasteiger partial charge in [0.25, 0.3) is 15.9 Å². The van der Waals surface area contributed by atoms with Crippen LogP contribution in [0.5, 0.6) is 5.75 Å². The van der Waals surface area contributed by atoms with Gasteiger partial charge in [-0.3, -0.25) is 9.10 Å². The van der Waals surface area contributed by atoms with Gasteiger partial charge >= 0.3 is 0 Å². The molecule has 0 aliphatic carbocycles. The van der Waals surface area contributed by atoms with Crippen molar-refractivity contribution in [2.45, 2.75) is 22.8 Å². The Kier molecular flexibility index (Phi) is 7.79. The number of carbonyl (C=O) groups excluding carboxylic acids is 1. The molecule has 3 aromatic rings. The Bertz CT molecular complexity index is 1520. The van der Waals surface area contributed by atoms with E-state index < -0.39 is 26.0 Å². The number of nitrogens with one attached hydrogen (secondary N) is 1. The van der Waals surface area contributed by atoms with Gasteiger partial charge in [0.15, 0.2) is 6.61 Å². The van der Waals surface area contributed by atoms with Crippen molar-refractivity contribution in [2.24, 2.45) is 0 Å². The largest absolute Gasteiger partial charge is 0.482 e. The number of sulfonamides is 2. The van der Waals surface area contributed by atoms with Crippen LogP contribution in [0.3, 0.4) is 0 Å². The lowest BCUT2D eigenvalue weighted by molar-refractivity contribution is -0.123. The second kappa shape index (κ2) is 10.7. The highest BCUT2D eigenvalue weighted by molar-refractivity contribution is 7.92. The minimum atomic E-state index is -3.81. The SMILES string of the molecule is CN(C)S(=O)(=O)c1ccc(CNC(=O)COc2ccc(S(=O)(=O)N3CCc4ccccc43)cc2Cl)cc1. The standard InChI is InChI=1S/C25H26ClN3O6S2/c1-28(2)36(31,32)20-9-7-18(8-10-20)16-27-25(30)17-35-24-12-11-21(15-22(24)26)37(33,34)29-14-13-19-5-3-4-6-23(19)29/h3-12,15H,13-14,16-17H2,1-2H3,(H,27,30). The molecule has 3 aromatic carbocycles. The van der Waals surface area contributed by atoms with Gasteiger partial charge in [-0.1, -0.05) is 41.9 Å². The Labute approximate surface area is 221 Å². The molecule has 0 aromatic heterocycles. The van der Waals surface area contributed by atoms with E-state index in [4.69, 9.17) is 16.3 Å². The molecule has 4 rings (SSSR count). The number of carbonyl (C=O) groups is 1. The van der Waals surface area contributed by atoms with Gasteiger partial charge in [-0.05, 0) is 53.9 Å². The number of amides is 1. The van der Waals surface area contributed by atoms with Gasteiger partial charge < -0.3 is 10.1 Å². The number of hydrogen-bond donors (Lipinski definition) is 1. The molecule has 12 heteroatoms. The first-order valence-corrected chi connectivity index (χ1v) is 14.6. The zero-order chi connectivity index (χ0) is 26.8. The lowest BCUT2D eigenvalue weighted by atomic mass is 10.2. The van der Waals surface area contributed by atoms with Crippen molar-refractivity contribution in [3.63, 3.8) is 0 Å². The molecule has 1 N–H and O–H groups in total. The first-order valence-electron chi connectivity index (χ1n) is 11.3. The monoisotopic (exact) mass is 563 g/mol. The van der Waals surface area contributed by atoms with Crippen molar-refractivity contribution < 1.29 is 26.4 Å². The van der Waals surface area contributed by atoms with E-state index >= 15 is 0 Å². The first-order chi connectivity index (χ1) is 17.5. The maximum atomic E-state index is 13.2.